The summed E-state index contributed by atoms with van der Waals surface area (Å²) in [5, 5.41) is 2.97. The van der Waals surface area contributed by atoms with Crippen LogP contribution in [0.2, 0.25) is 0 Å². The van der Waals surface area contributed by atoms with Gasteiger partial charge in [-0.1, -0.05) is 12.1 Å². The summed E-state index contributed by atoms with van der Waals surface area (Å²) < 4.78 is 42.0. The van der Waals surface area contributed by atoms with Crippen molar-refractivity contribution in [2.24, 2.45) is 0 Å². The third-order valence-corrected chi connectivity index (χ3v) is 7.01. The predicted molar refractivity (Wildman–Crippen MR) is 111 cm³/mol. The number of fused-ring (bicyclic) bond motifs is 1. The second-order valence-corrected chi connectivity index (χ2v) is 9.06. The van der Waals surface area contributed by atoms with Crippen LogP contribution in [0.15, 0.2) is 64.3 Å². The van der Waals surface area contributed by atoms with Crippen molar-refractivity contribution >= 4 is 32.5 Å². The lowest BCUT2D eigenvalue weighted by atomic mass is 10.2. The van der Waals surface area contributed by atoms with Crippen molar-refractivity contribution in [3.63, 3.8) is 0 Å². The van der Waals surface area contributed by atoms with E-state index in [2.05, 4.69) is 5.32 Å². The van der Waals surface area contributed by atoms with Gasteiger partial charge in [-0.05, 0) is 54.6 Å². The number of pyridine rings is 1. The van der Waals surface area contributed by atoms with E-state index in [1.165, 1.54) is 57.4 Å². The minimum absolute atomic E-state index is 0.0229. The summed E-state index contributed by atoms with van der Waals surface area (Å²) in [4.78, 5) is 24.9. The maximum absolute atomic E-state index is 13.8. The predicted octanol–water partition coefficient (Wildman–Crippen LogP) is 2.56. The molecule has 2 heterocycles. The first-order valence-electron chi connectivity index (χ1n) is 9.54. The van der Waals surface area contributed by atoms with Crippen molar-refractivity contribution in [1.29, 1.82) is 0 Å². The molecule has 1 aliphatic heterocycles. The molecule has 30 heavy (non-hydrogen) atoms. The topological polar surface area (TPSA) is 88.5 Å². The zero-order chi connectivity index (χ0) is 21.3. The van der Waals surface area contributed by atoms with Gasteiger partial charge in [0.25, 0.3) is 5.56 Å². The van der Waals surface area contributed by atoms with E-state index in [0.717, 1.165) is 12.8 Å². The molecular formula is C21H20FN3O4S. The quantitative estimate of drug-likeness (QED) is 0.675. The Morgan fingerprint density at radius 2 is 1.77 bits per heavy atom. The van der Waals surface area contributed by atoms with E-state index in [1.54, 1.807) is 6.07 Å². The molecule has 2 aromatic carbocycles. The van der Waals surface area contributed by atoms with Crippen LogP contribution in [0.25, 0.3) is 10.9 Å². The first-order chi connectivity index (χ1) is 14.4. The number of hydrogen-bond donors (Lipinski definition) is 1. The van der Waals surface area contributed by atoms with Crippen molar-refractivity contribution in [1.82, 2.24) is 8.87 Å². The minimum atomic E-state index is -3.60. The zero-order valence-electron chi connectivity index (χ0n) is 16.0. The van der Waals surface area contributed by atoms with E-state index >= 15 is 0 Å². The van der Waals surface area contributed by atoms with Crippen molar-refractivity contribution < 1.29 is 17.6 Å². The van der Waals surface area contributed by atoms with E-state index < -0.39 is 27.3 Å². The molecule has 1 N–H and O–H groups in total. The number of halogens is 1. The fourth-order valence-corrected chi connectivity index (χ4v) is 5.13. The number of carbonyl (C=O) groups excluding carboxylic acids is 1. The number of carbonyl (C=O) groups is 1. The lowest BCUT2D eigenvalue weighted by molar-refractivity contribution is -0.116. The molecule has 1 fully saturated rings. The number of nitrogens with zero attached hydrogens (tertiary/aromatic N) is 2. The fourth-order valence-electron chi connectivity index (χ4n) is 3.58. The van der Waals surface area contributed by atoms with Crippen LogP contribution in [0.5, 0.6) is 0 Å². The lowest BCUT2D eigenvalue weighted by Crippen LogP contribution is -2.29. The molecular weight excluding hydrogens is 409 g/mol. The minimum Gasteiger partial charge on any atom is -0.322 e. The molecule has 0 saturated carbocycles. The molecule has 4 rings (SSSR count). The molecule has 0 atom stereocenters. The Bertz CT molecular complexity index is 1280. The Hall–Kier alpha value is -3.04. The van der Waals surface area contributed by atoms with Gasteiger partial charge in [0.05, 0.1) is 16.1 Å². The molecule has 3 aromatic rings. The van der Waals surface area contributed by atoms with Crippen LogP contribution in [0.3, 0.4) is 0 Å². The number of benzene rings is 2. The smallest absolute Gasteiger partial charge is 0.251 e. The first kappa shape index (κ1) is 20.2. The molecule has 0 bridgehead atoms. The van der Waals surface area contributed by atoms with E-state index in [-0.39, 0.29) is 17.1 Å². The summed E-state index contributed by atoms with van der Waals surface area (Å²) in [7, 11) is -3.60. The number of aromatic nitrogens is 1. The molecule has 0 radical (unpaired) electrons. The maximum atomic E-state index is 13.8. The third-order valence-electron chi connectivity index (χ3n) is 5.11. The van der Waals surface area contributed by atoms with Crippen molar-refractivity contribution in [3.8, 4) is 0 Å². The fraction of sp³-hybridized carbons (Fsp3) is 0.238. The normalized spacial score (nSPS) is 14.8. The van der Waals surface area contributed by atoms with E-state index in [0.29, 0.717) is 24.0 Å². The molecule has 1 amide bonds. The van der Waals surface area contributed by atoms with Crippen LogP contribution in [0.1, 0.15) is 12.8 Å². The number of rotatable bonds is 5. The van der Waals surface area contributed by atoms with E-state index in [4.69, 9.17) is 0 Å². The molecule has 7 nitrogen and oxygen atoms in total. The highest BCUT2D eigenvalue weighted by atomic mass is 32.2. The van der Waals surface area contributed by atoms with Crippen molar-refractivity contribution in [3.05, 3.63) is 70.8 Å². The van der Waals surface area contributed by atoms with Crippen LogP contribution in [-0.2, 0) is 21.4 Å². The summed E-state index contributed by atoms with van der Waals surface area (Å²) in [5.74, 6) is -1.14. The largest absolute Gasteiger partial charge is 0.322 e. The Labute approximate surface area is 172 Å². The van der Waals surface area contributed by atoms with Gasteiger partial charge in [-0.2, -0.15) is 4.31 Å². The summed E-state index contributed by atoms with van der Waals surface area (Å²) in [6.45, 7) is 0.662. The molecule has 0 aliphatic carbocycles. The highest BCUT2D eigenvalue weighted by molar-refractivity contribution is 7.89. The number of para-hydroxylation sites is 1. The molecule has 1 aromatic heterocycles. The van der Waals surface area contributed by atoms with E-state index in [9.17, 15) is 22.4 Å². The monoisotopic (exact) mass is 429 g/mol. The molecule has 0 spiro atoms. The molecule has 0 unspecified atom stereocenters. The molecule has 1 aliphatic rings. The summed E-state index contributed by atoms with van der Waals surface area (Å²) in [5.41, 5.74) is 0.0302. The highest BCUT2D eigenvalue weighted by Gasteiger charge is 2.27. The van der Waals surface area contributed by atoms with Gasteiger partial charge >= 0.3 is 0 Å². The maximum Gasteiger partial charge on any atom is 0.251 e. The average Bonchev–Trinajstić information content (AvgIpc) is 3.27. The summed E-state index contributed by atoms with van der Waals surface area (Å²) in [6, 6.07) is 13.0. The van der Waals surface area contributed by atoms with Gasteiger partial charge in [0.15, 0.2) is 0 Å². The Balaban J connectivity index is 1.65. The highest BCUT2D eigenvalue weighted by Crippen LogP contribution is 2.24. The molecule has 156 valence electrons. The van der Waals surface area contributed by atoms with Crippen LogP contribution in [0.4, 0.5) is 10.1 Å². The Kier molecular flexibility index (Phi) is 5.40. The van der Waals surface area contributed by atoms with Crippen molar-refractivity contribution in [2.45, 2.75) is 24.3 Å². The first-order valence-corrected chi connectivity index (χ1v) is 11.0. The summed E-state index contributed by atoms with van der Waals surface area (Å²) in [6.07, 6.45) is 1.67. The number of anilines is 1. The van der Waals surface area contributed by atoms with Gasteiger partial charge in [-0.3, -0.25) is 14.2 Å². The van der Waals surface area contributed by atoms with Gasteiger partial charge in [0.2, 0.25) is 15.9 Å². The standard InChI is InChI=1S/C21H20FN3O4S/c22-17-5-1-2-6-18(17)23-20(26)14-25-19-9-8-16(13-15(19)7-10-21(25)27)30(28,29)24-11-3-4-12-24/h1-2,5-10,13H,3-4,11-12,14H2,(H,23,26). The van der Waals surface area contributed by atoms with Gasteiger partial charge in [-0.15, -0.1) is 0 Å². The number of hydrogen-bond acceptors (Lipinski definition) is 4. The van der Waals surface area contributed by atoms with Crippen molar-refractivity contribution in [2.75, 3.05) is 18.4 Å². The molecule has 1 saturated heterocycles. The Morgan fingerprint density at radius 3 is 2.50 bits per heavy atom. The van der Waals surface area contributed by atoms with Crippen LogP contribution < -0.4 is 10.9 Å². The number of amides is 1. The number of sulfonamides is 1. The van der Waals surface area contributed by atoms with Crippen LogP contribution >= 0.6 is 0 Å². The zero-order valence-corrected chi connectivity index (χ0v) is 16.9. The Morgan fingerprint density at radius 1 is 1.03 bits per heavy atom. The van der Waals surface area contributed by atoms with Gasteiger partial charge < -0.3 is 5.32 Å². The van der Waals surface area contributed by atoms with Crippen LogP contribution in [-0.4, -0.2) is 36.3 Å². The van der Waals surface area contributed by atoms with Gasteiger partial charge in [0, 0.05) is 19.2 Å². The van der Waals surface area contributed by atoms with Gasteiger partial charge in [0.1, 0.15) is 12.4 Å². The summed E-state index contributed by atoms with van der Waals surface area (Å²) >= 11 is 0. The second kappa shape index (κ2) is 8.00. The van der Waals surface area contributed by atoms with E-state index in [1.807, 2.05) is 0 Å². The average molecular weight is 429 g/mol. The van der Waals surface area contributed by atoms with Crippen LogP contribution in [0, 0.1) is 5.82 Å². The molecule has 9 heteroatoms. The third kappa shape index (κ3) is 3.86. The van der Waals surface area contributed by atoms with Gasteiger partial charge in [-0.25, -0.2) is 12.8 Å². The lowest BCUT2D eigenvalue weighted by Gasteiger charge is -2.16. The number of nitrogens with one attached hydrogen (secondary N) is 1. The SMILES string of the molecule is O=C(Cn1c(=O)ccc2cc(S(=O)(=O)N3CCCC3)ccc21)Nc1ccccc1F. The second-order valence-electron chi connectivity index (χ2n) is 7.12.